The van der Waals surface area contributed by atoms with Crippen molar-refractivity contribution >= 4 is 49.8 Å². The normalized spacial score (nSPS) is 17.1. The van der Waals surface area contributed by atoms with Crippen LogP contribution in [0.15, 0.2) is 87.5 Å². The Labute approximate surface area is 185 Å². The molecule has 31 heavy (non-hydrogen) atoms. The van der Waals surface area contributed by atoms with Crippen molar-refractivity contribution in [2.24, 2.45) is 4.40 Å². The highest BCUT2D eigenvalue weighted by atomic mass is 32.2. The summed E-state index contributed by atoms with van der Waals surface area (Å²) >= 11 is 1.01. The molecular weight excluding hydrogens is 430 g/mol. The van der Waals surface area contributed by atoms with Gasteiger partial charge in [0.2, 0.25) is 0 Å². The molecule has 1 aromatic heterocycles. The SMILES string of the molecule is C=CCN1C(=O)/C(=C/c2ccc3ccccc3n2)SC1=NS(=O)(=O)c1ccc(C)cc1. The largest absolute Gasteiger partial charge is 0.284 e. The lowest BCUT2D eigenvalue weighted by Gasteiger charge is -2.12. The van der Waals surface area contributed by atoms with Crippen molar-refractivity contribution in [2.45, 2.75) is 11.8 Å². The summed E-state index contributed by atoms with van der Waals surface area (Å²) in [6, 6.07) is 17.9. The molecular formula is C23H19N3O3S2. The van der Waals surface area contributed by atoms with Crippen molar-refractivity contribution in [3.05, 3.63) is 89.5 Å². The van der Waals surface area contributed by atoms with Crippen LogP contribution in [0.25, 0.3) is 17.0 Å². The average molecular weight is 450 g/mol. The first-order valence-electron chi connectivity index (χ1n) is 9.47. The minimum atomic E-state index is -3.96. The summed E-state index contributed by atoms with van der Waals surface area (Å²) in [5.74, 6) is -0.335. The molecule has 0 unspecified atom stereocenters. The number of para-hydroxylation sites is 1. The number of carbonyl (C=O) groups excluding carboxylic acids is 1. The van der Waals surface area contributed by atoms with Crippen molar-refractivity contribution in [3.63, 3.8) is 0 Å². The number of rotatable bonds is 5. The molecule has 0 atom stereocenters. The first-order chi connectivity index (χ1) is 14.9. The molecule has 0 spiro atoms. The Morgan fingerprint density at radius 3 is 2.58 bits per heavy atom. The maximum absolute atomic E-state index is 12.9. The lowest BCUT2D eigenvalue weighted by atomic mass is 10.2. The molecule has 156 valence electrons. The van der Waals surface area contributed by atoms with Gasteiger partial charge in [-0.3, -0.25) is 9.69 Å². The number of nitrogens with zero attached hydrogens (tertiary/aromatic N) is 3. The van der Waals surface area contributed by atoms with Gasteiger partial charge in [-0.05, 0) is 49.0 Å². The summed E-state index contributed by atoms with van der Waals surface area (Å²) in [4.78, 5) is 19.2. The topological polar surface area (TPSA) is 79.7 Å². The van der Waals surface area contributed by atoms with E-state index in [2.05, 4.69) is 16.0 Å². The second-order valence-corrected chi connectivity index (χ2v) is 9.52. The summed E-state index contributed by atoms with van der Waals surface area (Å²) in [7, 11) is -3.96. The van der Waals surface area contributed by atoms with E-state index in [1.54, 1.807) is 18.2 Å². The predicted molar refractivity (Wildman–Crippen MR) is 125 cm³/mol. The van der Waals surface area contributed by atoms with Gasteiger partial charge < -0.3 is 0 Å². The molecule has 1 fully saturated rings. The highest BCUT2D eigenvalue weighted by molar-refractivity contribution is 8.19. The summed E-state index contributed by atoms with van der Waals surface area (Å²) in [6.07, 6.45) is 3.18. The predicted octanol–water partition coefficient (Wildman–Crippen LogP) is 4.39. The third kappa shape index (κ3) is 4.45. The second kappa shape index (κ2) is 8.49. The first kappa shape index (κ1) is 21.0. The van der Waals surface area contributed by atoms with Gasteiger partial charge in [0.15, 0.2) is 5.17 Å². The molecule has 1 saturated heterocycles. The van der Waals surface area contributed by atoms with E-state index in [0.717, 1.165) is 28.2 Å². The highest BCUT2D eigenvalue weighted by Crippen LogP contribution is 2.33. The lowest BCUT2D eigenvalue weighted by Crippen LogP contribution is -2.29. The fourth-order valence-corrected chi connectivity index (χ4v) is 5.20. The third-order valence-corrected chi connectivity index (χ3v) is 7.02. The molecule has 2 heterocycles. The van der Waals surface area contributed by atoms with Crippen LogP contribution in [0.4, 0.5) is 0 Å². The van der Waals surface area contributed by atoms with Gasteiger partial charge in [-0.2, -0.15) is 8.42 Å². The van der Waals surface area contributed by atoms with E-state index in [1.165, 1.54) is 23.1 Å². The number of fused-ring (bicyclic) bond motifs is 1. The molecule has 3 aromatic rings. The zero-order valence-electron chi connectivity index (χ0n) is 16.7. The molecule has 1 amide bonds. The molecule has 4 rings (SSSR count). The number of benzene rings is 2. The Kier molecular flexibility index (Phi) is 5.75. The van der Waals surface area contributed by atoms with Crippen molar-refractivity contribution < 1.29 is 13.2 Å². The maximum Gasteiger partial charge on any atom is 0.284 e. The summed E-state index contributed by atoms with van der Waals surface area (Å²) in [5, 5.41) is 1.09. The maximum atomic E-state index is 12.9. The Hall–Kier alpha value is -3.23. The molecule has 0 aliphatic carbocycles. The van der Waals surface area contributed by atoms with Crippen molar-refractivity contribution in [3.8, 4) is 0 Å². The van der Waals surface area contributed by atoms with Crippen molar-refractivity contribution in [1.29, 1.82) is 0 Å². The minimum Gasteiger partial charge on any atom is -0.282 e. The van der Waals surface area contributed by atoms with E-state index in [-0.39, 0.29) is 22.5 Å². The highest BCUT2D eigenvalue weighted by Gasteiger charge is 2.34. The van der Waals surface area contributed by atoms with E-state index < -0.39 is 10.0 Å². The second-order valence-electron chi connectivity index (χ2n) is 6.91. The molecule has 0 radical (unpaired) electrons. The number of amidine groups is 1. The number of amides is 1. The van der Waals surface area contributed by atoms with E-state index >= 15 is 0 Å². The average Bonchev–Trinajstić information content (AvgIpc) is 3.02. The van der Waals surface area contributed by atoms with Crippen LogP contribution >= 0.6 is 11.8 Å². The van der Waals surface area contributed by atoms with Gasteiger partial charge in [0, 0.05) is 11.9 Å². The smallest absolute Gasteiger partial charge is 0.282 e. The van der Waals surface area contributed by atoms with Gasteiger partial charge in [0.05, 0.1) is 21.0 Å². The standard InChI is InChI=1S/C23H19N3O3S2/c1-3-14-26-22(27)21(15-18-11-10-17-6-4-5-7-20(17)24-18)30-23(26)25-31(28,29)19-12-8-16(2)9-13-19/h3-13,15H,1,14H2,2H3/b21-15-,25-23?. The number of thioether (sulfide) groups is 1. The molecule has 0 bridgehead atoms. The first-order valence-corrected chi connectivity index (χ1v) is 11.7. The zero-order valence-corrected chi connectivity index (χ0v) is 18.4. The Bertz CT molecular complexity index is 1340. The number of carbonyl (C=O) groups is 1. The van der Waals surface area contributed by atoms with Gasteiger partial charge in [0.1, 0.15) is 0 Å². The summed E-state index contributed by atoms with van der Waals surface area (Å²) in [6.45, 7) is 5.68. The fourth-order valence-electron chi connectivity index (χ4n) is 3.03. The molecule has 0 N–H and O–H groups in total. The van der Waals surface area contributed by atoms with Crippen LogP contribution in [0.5, 0.6) is 0 Å². The number of aromatic nitrogens is 1. The number of hydrogen-bond donors (Lipinski definition) is 0. The van der Waals surface area contributed by atoms with Crippen LogP contribution in [0.2, 0.25) is 0 Å². The van der Waals surface area contributed by atoms with Crippen LogP contribution in [-0.4, -0.2) is 35.9 Å². The zero-order chi connectivity index (χ0) is 22.0. The van der Waals surface area contributed by atoms with Gasteiger partial charge >= 0.3 is 0 Å². The molecule has 8 heteroatoms. The Morgan fingerprint density at radius 2 is 1.84 bits per heavy atom. The van der Waals surface area contributed by atoms with Crippen LogP contribution in [-0.2, 0) is 14.8 Å². The van der Waals surface area contributed by atoms with Gasteiger partial charge in [0.25, 0.3) is 15.9 Å². The van der Waals surface area contributed by atoms with Crippen LogP contribution in [0, 0.1) is 6.92 Å². The minimum absolute atomic E-state index is 0.0748. The molecule has 0 saturated carbocycles. The number of hydrogen-bond acceptors (Lipinski definition) is 5. The van der Waals surface area contributed by atoms with E-state index in [1.807, 2.05) is 43.3 Å². The van der Waals surface area contributed by atoms with E-state index in [4.69, 9.17) is 0 Å². The fraction of sp³-hybridized carbons (Fsp3) is 0.0870. The Balaban J connectivity index is 1.71. The van der Waals surface area contributed by atoms with Crippen molar-refractivity contribution in [2.75, 3.05) is 6.54 Å². The van der Waals surface area contributed by atoms with Crippen LogP contribution in [0.1, 0.15) is 11.3 Å². The van der Waals surface area contributed by atoms with Crippen LogP contribution in [0.3, 0.4) is 0 Å². The third-order valence-electron chi connectivity index (χ3n) is 4.62. The molecule has 1 aliphatic rings. The molecule has 1 aliphatic heterocycles. The quantitative estimate of drug-likeness (QED) is 0.426. The monoisotopic (exact) mass is 449 g/mol. The van der Waals surface area contributed by atoms with Crippen molar-refractivity contribution in [1.82, 2.24) is 9.88 Å². The van der Waals surface area contributed by atoms with Crippen LogP contribution < -0.4 is 0 Å². The molecule has 2 aromatic carbocycles. The van der Waals surface area contributed by atoms with Gasteiger partial charge in [-0.1, -0.05) is 48.0 Å². The summed E-state index contributed by atoms with van der Waals surface area (Å²) in [5.41, 5.74) is 2.36. The molecule has 6 nitrogen and oxygen atoms in total. The van der Waals surface area contributed by atoms with E-state index in [9.17, 15) is 13.2 Å². The lowest BCUT2D eigenvalue weighted by molar-refractivity contribution is -0.121. The van der Waals surface area contributed by atoms with Gasteiger partial charge in [-0.25, -0.2) is 4.98 Å². The number of aryl methyl sites for hydroxylation is 1. The summed E-state index contributed by atoms with van der Waals surface area (Å²) < 4.78 is 29.5. The van der Waals surface area contributed by atoms with E-state index in [0.29, 0.717) is 10.6 Å². The Morgan fingerprint density at radius 1 is 1.10 bits per heavy atom. The number of pyridine rings is 1. The van der Waals surface area contributed by atoms with Gasteiger partial charge in [-0.15, -0.1) is 11.0 Å². The number of sulfonamides is 1.